The molecule has 1 aromatic heterocycles. The van der Waals surface area contributed by atoms with Crippen LogP contribution in [0.25, 0.3) is 10.9 Å². The molecule has 0 saturated heterocycles. The number of hydrogen-bond acceptors (Lipinski definition) is 1. The van der Waals surface area contributed by atoms with Crippen molar-refractivity contribution in [2.75, 3.05) is 6.61 Å². The fraction of sp³-hybridized carbons (Fsp3) is 0.333. The summed E-state index contributed by atoms with van der Waals surface area (Å²) in [6.07, 6.45) is 3.10. The molecule has 0 fully saturated rings. The standard InChI is InChI=1S/C15H17NO/c1-3-5-9-16-10-8-13-12-14(17-11-4-2)6-7-15(13)16/h6-8,10,12H,4,9,11H2,1-2H3. The molecular formula is C15H17NO. The predicted molar refractivity (Wildman–Crippen MR) is 71.2 cm³/mol. The summed E-state index contributed by atoms with van der Waals surface area (Å²) >= 11 is 0. The summed E-state index contributed by atoms with van der Waals surface area (Å²) in [5, 5.41) is 1.21. The Morgan fingerprint density at radius 3 is 2.94 bits per heavy atom. The number of ether oxygens (including phenoxy) is 1. The molecular weight excluding hydrogens is 210 g/mol. The Labute approximate surface area is 102 Å². The van der Waals surface area contributed by atoms with Crippen molar-refractivity contribution in [3.63, 3.8) is 0 Å². The van der Waals surface area contributed by atoms with E-state index in [2.05, 4.69) is 47.7 Å². The second kappa shape index (κ2) is 5.45. The van der Waals surface area contributed by atoms with Crippen molar-refractivity contribution >= 4 is 10.9 Å². The van der Waals surface area contributed by atoms with Crippen LogP contribution < -0.4 is 4.74 Å². The van der Waals surface area contributed by atoms with Crippen LogP contribution >= 0.6 is 0 Å². The number of nitrogens with zero attached hydrogens (tertiary/aromatic N) is 1. The van der Waals surface area contributed by atoms with Crippen LogP contribution in [0.2, 0.25) is 0 Å². The molecule has 17 heavy (non-hydrogen) atoms. The molecule has 0 saturated carbocycles. The smallest absolute Gasteiger partial charge is 0.120 e. The van der Waals surface area contributed by atoms with Gasteiger partial charge in [0.25, 0.3) is 0 Å². The third-order valence-electron chi connectivity index (χ3n) is 2.64. The van der Waals surface area contributed by atoms with E-state index in [9.17, 15) is 0 Å². The van der Waals surface area contributed by atoms with Crippen molar-refractivity contribution in [2.24, 2.45) is 0 Å². The van der Waals surface area contributed by atoms with E-state index >= 15 is 0 Å². The van der Waals surface area contributed by atoms with Gasteiger partial charge in [-0.25, -0.2) is 0 Å². The summed E-state index contributed by atoms with van der Waals surface area (Å²) in [6, 6.07) is 8.30. The molecule has 1 aromatic carbocycles. The first kappa shape index (κ1) is 11.6. The van der Waals surface area contributed by atoms with Gasteiger partial charge < -0.3 is 9.30 Å². The predicted octanol–water partition coefficient (Wildman–Crippen LogP) is 3.45. The van der Waals surface area contributed by atoms with E-state index in [1.807, 2.05) is 13.0 Å². The molecule has 0 radical (unpaired) electrons. The second-order valence-corrected chi connectivity index (χ2v) is 3.94. The third kappa shape index (κ3) is 2.62. The molecule has 0 unspecified atom stereocenters. The molecule has 0 aliphatic heterocycles. The summed E-state index contributed by atoms with van der Waals surface area (Å²) in [7, 11) is 0. The second-order valence-electron chi connectivity index (χ2n) is 3.94. The maximum Gasteiger partial charge on any atom is 0.120 e. The summed E-state index contributed by atoms with van der Waals surface area (Å²) in [4.78, 5) is 0. The van der Waals surface area contributed by atoms with Crippen molar-refractivity contribution < 1.29 is 4.74 Å². The molecule has 0 atom stereocenters. The van der Waals surface area contributed by atoms with E-state index in [4.69, 9.17) is 4.74 Å². The van der Waals surface area contributed by atoms with Crippen LogP contribution in [-0.4, -0.2) is 11.2 Å². The van der Waals surface area contributed by atoms with Crippen LogP contribution in [0.4, 0.5) is 0 Å². The molecule has 0 spiro atoms. The Kier molecular flexibility index (Phi) is 3.72. The first-order valence-electron chi connectivity index (χ1n) is 5.96. The van der Waals surface area contributed by atoms with Crippen LogP contribution in [0.1, 0.15) is 20.3 Å². The average Bonchev–Trinajstić information content (AvgIpc) is 2.76. The molecule has 2 rings (SSSR count). The van der Waals surface area contributed by atoms with Gasteiger partial charge in [0.05, 0.1) is 13.2 Å². The van der Waals surface area contributed by atoms with Gasteiger partial charge in [0, 0.05) is 17.1 Å². The monoisotopic (exact) mass is 227 g/mol. The normalized spacial score (nSPS) is 10.0. The molecule has 2 aromatic rings. The van der Waals surface area contributed by atoms with Gasteiger partial charge in [0.1, 0.15) is 5.75 Å². The minimum atomic E-state index is 0.745. The third-order valence-corrected chi connectivity index (χ3v) is 2.64. The molecule has 1 heterocycles. The molecule has 88 valence electrons. The Hall–Kier alpha value is -1.88. The Morgan fingerprint density at radius 1 is 1.29 bits per heavy atom. The van der Waals surface area contributed by atoms with E-state index in [1.54, 1.807) is 0 Å². The zero-order valence-electron chi connectivity index (χ0n) is 10.4. The SMILES string of the molecule is CC#CCn1ccc2cc(OCCC)ccc21. The first-order valence-corrected chi connectivity index (χ1v) is 5.96. The zero-order chi connectivity index (χ0) is 12.1. The van der Waals surface area contributed by atoms with Crippen molar-refractivity contribution in [1.29, 1.82) is 0 Å². The minimum Gasteiger partial charge on any atom is -0.494 e. The van der Waals surface area contributed by atoms with Gasteiger partial charge >= 0.3 is 0 Å². The zero-order valence-corrected chi connectivity index (χ0v) is 10.4. The van der Waals surface area contributed by atoms with Gasteiger partial charge in [-0.05, 0) is 37.6 Å². The van der Waals surface area contributed by atoms with Crippen molar-refractivity contribution in [3.05, 3.63) is 30.5 Å². The molecule has 2 heteroatoms. The van der Waals surface area contributed by atoms with E-state index in [1.165, 1.54) is 10.9 Å². The van der Waals surface area contributed by atoms with Gasteiger partial charge in [-0.1, -0.05) is 12.8 Å². The lowest BCUT2D eigenvalue weighted by Gasteiger charge is -2.05. The number of rotatable bonds is 4. The number of fused-ring (bicyclic) bond motifs is 1. The Bertz CT molecular complexity index is 557. The highest BCUT2D eigenvalue weighted by molar-refractivity contribution is 5.81. The highest BCUT2D eigenvalue weighted by atomic mass is 16.5. The lowest BCUT2D eigenvalue weighted by Crippen LogP contribution is -1.95. The summed E-state index contributed by atoms with van der Waals surface area (Å²) < 4.78 is 7.76. The maximum absolute atomic E-state index is 5.62. The fourth-order valence-corrected chi connectivity index (χ4v) is 1.79. The average molecular weight is 227 g/mol. The first-order chi connectivity index (χ1) is 8.35. The number of hydrogen-bond donors (Lipinski definition) is 0. The topological polar surface area (TPSA) is 14.2 Å². The van der Waals surface area contributed by atoms with Gasteiger partial charge in [0.15, 0.2) is 0 Å². The van der Waals surface area contributed by atoms with E-state index in [-0.39, 0.29) is 0 Å². The molecule has 0 amide bonds. The van der Waals surface area contributed by atoms with Crippen LogP contribution in [-0.2, 0) is 6.54 Å². The molecule has 0 aliphatic carbocycles. The van der Waals surface area contributed by atoms with Crippen molar-refractivity contribution in [2.45, 2.75) is 26.8 Å². The highest BCUT2D eigenvalue weighted by Crippen LogP contribution is 2.22. The minimum absolute atomic E-state index is 0.745. The van der Waals surface area contributed by atoms with Crippen LogP contribution in [0.5, 0.6) is 5.75 Å². The van der Waals surface area contributed by atoms with E-state index < -0.39 is 0 Å². The van der Waals surface area contributed by atoms with Crippen LogP contribution in [0, 0.1) is 11.8 Å². The number of benzene rings is 1. The van der Waals surface area contributed by atoms with Gasteiger partial charge in [0.2, 0.25) is 0 Å². The van der Waals surface area contributed by atoms with Crippen molar-refractivity contribution in [1.82, 2.24) is 4.57 Å². The molecule has 2 nitrogen and oxygen atoms in total. The molecule has 0 bridgehead atoms. The van der Waals surface area contributed by atoms with Gasteiger partial charge in [-0.2, -0.15) is 0 Å². The van der Waals surface area contributed by atoms with Crippen LogP contribution in [0.15, 0.2) is 30.5 Å². The van der Waals surface area contributed by atoms with Crippen molar-refractivity contribution in [3.8, 4) is 17.6 Å². The van der Waals surface area contributed by atoms with E-state index in [0.29, 0.717) is 0 Å². The highest BCUT2D eigenvalue weighted by Gasteiger charge is 2.01. The lowest BCUT2D eigenvalue weighted by atomic mass is 10.2. The number of aromatic nitrogens is 1. The summed E-state index contributed by atoms with van der Waals surface area (Å²) in [5.41, 5.74) is 1.21. The van der Waals surface area contributed by atoms with Gasteiger partial charge in [-0.3, -0.25) is 0 Å². The summed E-state index contributed by atoms with van der Waals surface area (Å²) in [6.45, 7) is 5.49. The lowest BCUT2D eigenvalue weighted by molar-refractivity contribution is 0.318. The Balaban J connectivity index is 2.26. The maximum atomic E-state index is 5.62. The Morgan fingerprint density at radius 2 is 2.18 bits per heavy atom. The fourth-order valence-electron chi connectivity index (χ4n) is 1.79. The van der Waals surface area contributed by atoms with Crippen LogP contribution in [0.3, 0.4) is 0 Å². The van der Waals surface area contributed by atoms with E-state index in [0.717, 1.165) is 25.3 Å². The quantitative estimate of drug-likeness (QED) is 0.730. The molecule has 0 aliphatic rings. The summed E-state index contributed by atoms with van der Waals surface area (Å²) in [5.74, 6) is 6.93. The molecule has 0 N–H and O–H groups in total. The van der Waals surface area contributed by atoms with Gasteiger partial charge in [-0.15, -0.1) is 5.92 Å². The largest absolute Gasteiger partial charge is 0.494 e.